The topological polar surface area (TPSA) is 117 Å². The molecule has 0 fully saturated rings. The predicted octanol–water partition coefficient (Wildman–Crippen LogP) is 1.50. The van der Waals surface area contributed by atoms with Crippen LogP contribution in [0, 0.1) is 13.8 Å². The first-order chi connectivity index (χ1) is 13.0. The van der Waals surface area contributed by atoms with Crippen molar-refractivity contribution in [2.24, 2.45) is 5.73 Å². The van der Waals surface area contributed by atoms with Gasteiger partial charge in [-0.3, -0.25) is 4.79 Å². The number of ether oxygens (including phenoxy) is 2. The normalized spacial score (nSPS) is 12.6. The molecule has 0 atom stereocenters. The Balaban J connectivity index is 1.47. The molecule has 0 saturated carbocycles. The van der Waals surface area contributed by atoms with Crippen molar-refractivity contribution in [1.29, 1.82) is 0 Å². The number of carbonyl (C=O) groups excluding carboxylic acids is 1. The average molecular weight is 368 g/mol. The molecule has 27 heavy (non-hydrogen) atoms. The van der Waals surface area contributed by atoms with Gasteiger partial charge in [0.25, 0.3) is 5.78 Å². The Labute approximate surface area is 155 Å². The maximum atomic E-state index is 12.4. The Kier molecular flexibility index (Phi) is 4.36. The van der Waals surface area contributed by atoms with Gasteiger partial charge in [-0.2, -0.15) is 4.98 Å². The van der Waals surface area contributed by atoms with Crippen LogP contribution >= 0.6 is 0 Å². The average Bonchev–Trinajstić information content (AvgIpc) is 3.27. The summed E-state index contributed by atoms with van der Waals surface area (Å²) < 4.78 is 12.3. The highest BCUT2D eigenvalue weighted by molar-refractivity contribution is 5.91. The number of anilines is 1. The van der Waals surface area contributed by atoms with E-state index in [1.54, 1.807) is 22.7 Å². The molecule has 0 aliphatic carbocycles. The number of carbonyl (C=O) groups is 1. The summed E-state index contributed by atoms with van der Waals surface area (Å²) in [6, 6.07) is 5.33. The number of hydrogen-bond acceptors (Lipinski definition) is 7. The van der Waals surface area contributed by atoms with Crippen LogP contribution in [0.15, 0.2) is 18.2 Å². The third kappa shape index (κ3) is 3.28. The van der Waals surface area contributed by atoms with Crippen LogP contribution in [0.2, 0.25) is 0 Å². The Bertz CT molecular complexity index is 1030. The van der Waals surface area contributed by atoms with E-state index in [2.05, 4.69) is 20.4 Å². The summed E-state index contributed by atoms with van der Waals surface area (Å²) in [6.45, 7) is 4.32. The lowest BCUT2D eigenvalue weighted by atomic mass is 10.1. The summed E-state index contributed by atoms with van der Waals surface area (Å²) in [7, 11) is 0. The zero-order valence-electron chi connectivity index (χ0n) is 15.2. The van der Waals surface area contributed by atoms with Crippen LogP contribution in [0.4, 0.5) is 5.69 Å². The van der Waals surface area contributed by atoms with Gasteiger partial charge in [0.15, 0.2) is 17.3 Å². The minimum atomic E-state index is -0.0889. The van der Waals surface area contributed by atoms with Gasteiger partial charge in [-0.15, -0.1) is 5.10 Å². The first kappa shape index (κ1) is 17.2. The second-order valence-electron chi connectivity index (χ2n) is 6.32. The zero-order chi connectivity index (χ0) is 19.0. The van der Waals surface area contributed by atoms with E-state index in [-0.39, 0.29) is 19.2 Å². The number of nitrogens with two attached hydrogens (primary N) is 1. The lowest BCUT2D eigenvalue weighted by Crippen LogP contribution is -2.14. The van der Waals surface area contributed by atoms with E-state index >= 15 is 0 Å². The third-order valence-electron chi connectivity index (χ3n) is 4.53. The van der Waals surface area contributed by atoms with Crippen LogP contribution in [0.3, 0.4) is 0 Å². The molecular weight excluding hydrogens is 348 g/mol. The first-order valence-electron chi connectivity index (χ1n) is 8.66. The molecule has 0 saturated heterocycles. The molecule has 0 spiro atoms. The summed E-state index contributed by atoms with van der Waals surface area (Å²) in [4.78, 5) is 21.1. The molecule has 1 aromatic carbocycles. The number of aromatic nitrogens is 4. The fourth-order valence-electron chi connectivity index (χ4n) is 3.13. The van der Waals surface area contributed by atoms with E-state index in [4.69, 9.17) is 15.2 Å². The van der Waals surface area contributed by atoms with Crippen molar-refractivity contribution in [2.75, 3.05) is 12.1 Å². The van der Waals surface area contributed by atoms with Gasteiger partial charge in [-0.05, 0) is 38.0 Å². The number of nitrogens with one attached hydrogen (secondary N) is 1. The zero-order valence-corrected chi connectivity index (χ0v) is 15.2. The van der Waals surface area contributed by atoms with Crippen molar-refractivity contribution in [3.63, 3.8) is 0 Å². The molecule has 0 radical (unpaired) electrons. The standard InChI is InChI=1S/C18H20N6O3/c1-10-13(11(2)24-18(20-10)22-16(8-19)23-24)4-6-17(25)21-12-3-5-14-15(7-12)27-9-26-14/h3,5,7H,4,6,8-9,19H2,1-2H3,(H,21,25). The molecule has 1 aliphatic rings. The van der Waals surface area contributed by atoms with Gasteiger partial charge in [-0.1, -0.05) is 0 Å². The van der Waals surface area contributed by atoms with Crippen molar-refractivity contribution in [3.05, 3.63) is 41.0 Å². The summed E-state index contributed by atoms with van der Waals surface area (Å²) in [6.07, 6.45) is 0.872. The molecule has 3 N–H and O–H groups in total. The van der Waals surface area contributed by atoms with Gasteiger partial charge >= 0.3 is 0 Å². The summed E-state index contributed by atoms with van der Waals surface area (Å²) >= 11 is 0. The van der Waals surface area contributed by atoms with E-state index in [0.29, 0.717) is 41.6 Å². The number of rotatable bonds is 5. The number of hydrogen-bond donors (Lipinski definition) is 2. The lowest BCUT2D eigenvalue weighted by molar-refractivity contribution is -0.116. The van der Waals surface area contributed by atoms with Crippen LogP contribution in [0.5, 0.6) is 11.5 Å². The summed E-state index contributed by atoms with van der Waals surface area (Å²) in [5.74, 6) is 2.30. The molecule has 4 rings (SSSR count). The van der Waals surface area contributed by atoms with Crippen LogP contribution in [0.25, 0.3) is 5.78 Å². The number of fused-ring (bicyclic) bond motifs is 2. The predicted molar refractivity (Wildman–Crippen MR) is 97.7 cm³/mol. The molecule has 2 aromatic heterocycles. The summed E-state index contributed by atoms with van der Waals surface area (Å²) in [5, 5.41) is 7.24. The SMILES string of the molecule is Cc1nc2nc(CN)nn2c(C)c1CCC(=O)Nc1ccc2c(c1)OCO2. The number of benzene rings is 1. The number of amides is 1. The fourth-order valence-corrected chi connectivity index (χ4v) is 3.13. The lowest BCUT2D eigenvalue weighted by Gasteiger charge is -2.11. The molecule has 9 nitrogen and oxygen atoms in total. The maximum Gasteiger partial charge on any atom is 0.252 e. The molecule has 0 unspecified atom stereocenters. The fraction of sp³-hybridized carbons (Fsp3) is 0.333. The highest BCUT2D eigenvalue weighted by Crippen LogP contribution is 2.34. The molecule has 1 aliphatic heterocycles. The van der Waals surface area contributed by atoms with Crippen molar-refractivity contribution >= 4 is 17.4 Å². The van der Waals surface area contributed by atoms with E-state index < -0.39 is 0 Å². The van der Waals surface area contributed by atoms with E-state index in [1.807, 2.05) is 13.8 Å². The maximum absolute atomic E-state index is 12.4. The first-order valence-corrected chi connectivity index (χ1v) is 8.66. The number of aryl methyl sites for hydroxylation is 2. The Morgan fingerprint density at radius 1 is 1.26 bits per heavy atom. The molecular formula is C18H20N6O3. The van der Waals surface area contributed by atoms with Crippen LogP contribution in [-0.2, 0) is 17.8 Å². The van der Waals surface area contributed by atoms with Gasteiger partial charge in [0.2, 0.25) is 12.7 Å². The highest BCUT2D eigenvalue weighted by atomic mass is 16.7. The third-order valence-corrected chi connectivity index (χ3v) is 4.53. The second-order valence-corrected chi connectivity index (χ2v) is 6.32. The van der Waals surface area contributed by atoms with Crippen molar-refractivity contribution in [3.8, 4) is 11.5 Å². The molecule has 3 aromatic rings. The minimum absolute atomic E-state index is 0.0889. The van der Waals surface area contributed by atoms with Gasteiger partial charge in [0, 0.05) is 29.6 Å². The Morgan fingerprint density at radius 2 is 2.07 bits per heavy atom. The second kappa shape index (κ2) is 6.84. The molecule has 9 heteroatoms. The summed E-state index contributed by atoms with van der Waals surface area (Å²) in [5.41, 5.74) is 9.03. The monoisotopic (exact) mass is 368 g/mol. The Morgan fingerprint density at radius 3 is 2.89 bits per heavy atom. The van der Waals surface area contributed by atoms with Crippen LogP contribution in [-0.4, -0.2) is 32.3 Å². The largest absolute Gasteiger partial charge is 0.454 e. The van der Waals surface area contributed by atoms with Gasteiger partial charge < -0.3 is 20.5 Å². The van der Waals surface area contributed by atoms with Crippen molar-refractivity contribution in [1.82, 2.24) is 19.6 Å². The smallest absolute Gasteiger partial charge is 0.252 e. The van der Waals surface area contributed by atoms with Crippen molar-refractivity contribution in [2.45, 2.75) is 33.2 Å². The molecule has 3 heterocycles. The van der Waals surface area contributed by atoms with E-state index in [9.17, 15) is 4.79 Å². The number of nitrogens with zero attached hydrogens (tertiary/aromatic N) is 4. The molecule has 140 valence electrons. The highest BCUT2D eigenvalue weighted by Gasteiger charge is 2.16. The van der Waals surface area contributed by atoms with Gasteiger partial charge in [-0.25, -0.2) is 9.50 Å². The Hall–Kier alpha value is -3.20. The van der Waals surface area contributed by atoms with E-state index in [1.165, 1.54) is 0 Å². The van der Waals surface area contributed by atoms with Gasteiger partial charge in [0.1, 0.15) is 0 Å². The van der Waals surface area contributed by atoms with Crippen LogP contribution < -0.4 is 20.5 Å². The molecule has 1 amide bonds. The molecule has 0 bridgehead atoms. The van der Waals surface area contributed by atoms with Crippen LogP contribution in [0.1, 0.15) is 29.2 Å². The van der Waals surface area contributed by atoms with Gasteiger partial charge in [0.05, 0.1) is 6.54 Å². The quantitative estimate of drug-likeness (QED) is 0.701. The minimum Gasteiger partial charge on any atom is -0.454 e. The van der Waals surface area contributed by atoms with Crippen molar-refractivity contribution < 1.29 is 14.3 Å². The van der Waals surface area contributed by atoms with E-state index in [0.717, 1.165) is 17.0 Å².